The fraction of sp³-hybridized carbons (Fsp3) is 0.750. The molecule has 1 rings (SSSR count). The molecule has 0 spiro atoms. The molecule has 1 aliphatic rings. The van der Waals surface area contributed by atoms with Crippen LogP contribution in [0.4, 0.5) is 0 Å². The molecule has 2 atom stereocenters. The summed E-state index contributed by atoms with van der Waals surface area (Å²) in [7, 11) is 0. The van der Waals surface area contributed by atoms with E-state index in [0.29, 0.717) is 0 Å². The van der Waals surface area contributed by atoms with Gasteiger partial charge in [-0.3, -0.25) is 9.59 Å². The Morgan fingerprint density at radius 1 is 1.21 bits per heavy atom. The molecule has 0 aromatic rings. The molecule has 1 saturated heterocycles. The number of hydrogen-bond donors (Lipinski definition) is 0. The highest BCUT2D eigenvalue weighted by Crippen LogP contribution is 2.29. The normalized spacial score (nSPS) is 21.1. The number of hydrogen-bond acceptors (Lipinski definition) is 3. The summed E-state index contributed by atoms with van der Waals surface area (Å²) in [5, 5.41) is 0. The Labute approximate surface area is 116 Å². The van der Waals surface area contributed by atoms with E-state index < -0.39 is 0 Å². The molecule has 0 radical (unpaired) electrons. The molecule has 2 unspecified atom stereocenters. The van der Waals surface area contributed by atoms with Gasteiger partial charge in [-0.2, -0.15) is 0 Å². The number of carbonyl (C=O) groups is 2. The van der Waals surface area contributed by atoms with Gasteiger partial charge >= 0.3 is 11.9 Å². The molecule has 0 amide bonds. The Bertz CT molecular complexity index is 320. The summed E-state index contributed by atoms with van der Waals surface area (Å²) in [5.41, 5.74) is 0. The van der Waals surface area contributed by atoms with E-state index in [1.165, 1.54) is 25.7 Å². The highest BCUT2D eigenvalue weighted by molar-refractivity contribution is 5.94. The quantitative estimate of drug-likeness (QED) is 0.274. The lowest BCUT2D eigenvalue weighted by atomic mass is 9.86. The van der Waals surface area contributed by atoms with Gasteiger partial charge in [0.1, 0.15) is 0 Å². The molecule has 1 aliphatic heterocycles. The van der Waals surface area contributed by atoms with Crippen molar-refractivity contribution in [3.8, 4) is 0 Å². The van der Waals surface area contributed by atoms with E-state index in [2.05, 4.69) is 30.7 Å². The van der Waals surface area contributed by atoms with Crippen LogP contribution in [0.2, 0.25) is 0 Å². The van der Waals surface area contributed by atoms with Crippen LogP contribution in [0.25, 0.3) is 0 Å². The second-order valence-corrected chi connectivity index (χ2v) is 5.33. The average Bonchev–Trinajstić information content (AvgIpc) is 2.71. The predicted octanol–water partition coefficient (Wildman–Crippen LogP) is 4.02. The molecule has 0 aliphatic carbocycles. The summed E-state index contributed by atoms with van der Waals surface area (Å²) in [6.07, 6.45) is 12.4. The first kappa shape index (κ1) is 15.9. The van der Waals surface area contributed by atoms with Crippen molar-refractivity contribution in [2.45, 2.75) is 65.2 Å². The van der Waals surface area contributed by atoms with Gasteiger partial charge in [0, 0.05) is 0 Å². The smallest absolute Gasteiger partial charge is 0.317 e. The molecule has 0 bridgehead atoms. The maximum Gasteiger partial charge on any atom is 0.317 e. The first-order chi connectivity index (χ1) is 9.19. The lowest BCUT2D eigenvalue weighted by Gasteiger charge is -2.16. The minimum absolute atomic E-state index is 0.169. The molecule has 0 saturated carbocycles. The number of cyclic esters (lactones) is 2. The van der Waals surface area contributed by atoms with Crippen LogP contribution in [0, 0.1) is 11.8 Å². The number of ether oxygens (including phenoxy) is 1. The molecule has 0 aromatic carbocycles. The van der Waals surface area contributed by atoms with Crippen molar-refractivity contribution in [1.82, 2.24) is 0 Å². The van der Waals surface area contributed by atoms with Gasteiger partial charge < -0.3 is 4.74 Å². The SMILES string of the molecule is CCCCC=CC(CCCCC)C1CC(=O)OC1=O. The highest BCUT2D eigenvalue weighted by atomic mass is 16.6. The van der Waals surface area contributed by atoms with E-state index in [1.54, 1.807) is 0 Å². The molecular weight excluding hydrogens is 240 g/mol. The Morgan fingerprint density at radius 2 is 1.95 bits per heavy atom. The Kier molecular flexibility index (Phi) is 7.46. The van der Waals surface area contributed by atoms with Crippen LogP contribution in [0.5, 0.6) is 0 Å². The highest BCUT2D eigenvalue weighted by Gasteiger charge is 2.37. The van der Waals surface area contributed by atoms with Gasteiger partial charge in [0.25, 0.3) is 0 Å². The van der Waals surface area contributed by atoms with Crippen LogP contribution >= 0.6 is 0 Å². The zero-order valence-electron chi connectivity index (χ0n) is 12.2. The zero-order valence-corrected chi connectivity index (χ0v) is 12.2. The standard InChI is InChI=1S/C16H26O3/c1-3-5-7-9-11-13(10-8-6-4-2)14-12-15(17)19-16(14)18/h9,11,13-14H,3-8,10,12H2,1-2H3. The van der Waals surface area contributed by atoms with Gasteiger partial charge in [0.2, 0.25) is 0 Å². The van der Waals surface area contributed by atoms with E-state index in [-0.39, 0.29) is 30.2 Å². The van der Waals surface area contributed by atoms with Gasteiger partial charge in [-0.05, 0) is 18.8 Å². The molecule has 1 heterocycles. The van der Waals surface area contributed by atoms with Crippen molar-refractivity contribution < 1.29 is 14.3 Å². The molecule has 0 N–H and O–H groups in total. The Balaban J connectivity index is 2.55. The van der Waals surface area contributed by atoms with E-state index in [9.17, 15) is 9.59 Å². The topological polar surface area (TPSA) is 43.4 Å². The van der Waals surface area contributed by atoms with Crippen molar-refractivity contribution in [2.75, 3.05) is 0 Å². The average molecular weight is 266 g/mol. The zero-order chi connectivity index (χ0) is 14.1. The Hall–Kier alpha value is -1.12. The van der Waals surface area contributed by atoms with Crippen molar-refractivity contribution in [3.05, 3.63) is 12.2 Å². The van der Waals surface area contributed by atoms with Crippen LogP contribution in [0.3, 0.4) is 0 Å². The second-order valence-electron chi connectivity index (χ2n) is 5.33. The maximum atomic E-state index is 11.7. The molecule has 3 nitrogen and oxygen atoms in total. The first-order valence-corrected chi connectivity index (χ1v) is 7.60. The molecule has 3 heteroatoms. The van der Waals surface area contributed by atoms with Gasteiger partial charge in [0.05, 0.1) is 12.3 Å². The van der Waals surface area contributed by atoms with E-state index in [0.717, 1.165) is 19.3 Å². The van der Waals surface area contributed by atoms with Crippen LogP contribution in [-0.4, -0.2) is 11.9 Å². The third kappa shape index (κ3) is 5.58. The van der Waals surface area contributed by atoms with E-state index >= 15 is 0 Å². The minimum atomic E-state index is -0.363. The first-order valence-electron chi connectivity index (χ1n) is 7.60. The largest absolute Gasteiger partial charge is 0.393 e. The van der Waals surface area contributed by atoms with Crippen molar-refractivity contribution in [3.63, 3.8) is 0 Å². The van der Waals surface area contributed by atoms with Crippen LogP contribution < -0.4 is 0 Å². The summed E-state index contributed by atoms with van der Waals surface area (Å²) < 4.78 is 4.68. The number of carbonyl (C=O) groups excluding carboxylic acids is 2. The fourth-order valence-electron chi connectivity index (χ4n) is 2.47. The maximum absolute atomic E-state index is 11.7. The van der Waals surface area contributed by atoms with Gasteiger partial charge in [0.15, 0.2) is 0 Å². The van der Waals surface area contributed by atoms with Crippen molar-refractivity contribution >= 4 is 11.9 Å². The van der Waals surface area contributed by atoms with Gasteiger partial charge in [-0.1, -0.05) is 58.1 Å². The minimum Gasteiger partial charge on any atom is -0.393 e. The molecule has 0 aromatic heterocycles. The van der Waals surface area contributed by atoms with Crippen LogP contribution in [0.15, 0.2) is 12.2 Å². The van der Waals surface area contributed by atoms with Crippen LogP contribution in [0.1, 0.15) is 65.2 Å². The second kappa shape index (κ2) is 8.89. The molecule has 19 heavy (non-hydrogen) atoms. The van der Waals surface area contributed by atoms with Crippen molar-refractivity contribution in [1.29, 1.82) is 0 Å². The summed E-state index contributed by atoms with van der Waals surface area (Å²) in [6, 6.07) is 0. The van der Waals surface area contributed by atoms with Crippen molar-refractivity contribution in [2.24, 2.45) is 11.8 Å². The lowest BCUT2D eigenvalue weighted by molar-refractivity contribution is -0.153. The monoisotopic (exact) mass is 266 g/mol. The van der Waals surface area contributed by atoms with Gasteiger partial charge in [-0.25, -0.2) is 0 Å². The van der Waals surface area contributed by atoms with Gasteiger partial charge in [-0.15, -0.1) is 0 Å². The third-order valence-corrected chi connectivity index (χ3v) is 3.67. The van der Waals surface area contributed by atoms with E-state index in [4.69, 9.17) is 0 Å². The number of rotatable bonds is 9. The number of unbranched alkanes of at least 4 members (excludes halogenated alkanes) is 4. The lowest BCUT2D eigenvalue weighted by Crippen LogP contribution is -2.18. The fourth-order valence-corrected chi connectivity index (χ4v) is 2.47. The molecule has 108 valence electrons. The third-order valence-electron chi connectivity index (χ3n) is 3.67. The molecular formula is C16H26O3. The van der Waals surface area contributed by atoms with E-state index in [1.807, 2.05) is 0 Å². The van der Waals surface area contributed by atoms with Crippen LogP contribution in [-0.2, 0) is 14.3 Å². The summed E-state index contributed by atoms with van der Waals surface area (Å²) in [4.78, 5) is 22.9. The number of allylic oxidation sites excluding steroid dienone is 2. The molecule has 1 fully saturated rings. The summed E-state index contributed by atoms with van der Waals surface area (Å²) in [5.74, 6) is -0.770. The summed E-state index contributed by atoms with van der Waals surface area (Å²) in [6.45, 7) is 4.33. The Morgan fingerprint density at radius 3 is 2.53 bits per heavy atom. The predicted molar refractivity (Wildman–Crippen MR) is 75.5 cm³/mol. The number of esters is 2. The summed E-state index contributed by atoms with van der Waals surface area (Å²) >= 11 is 0.